The van der Waals surface area contributed by atoms with Crippen LogP contribution in [0.4, 0.5) is 17.6 Å². The number of nitrogens with one attached hydrogen (secondary N) is 1. The maximum absolute atomic E-state index is 13.3. The van der Waals surface area contributed by atoms with Crippen LogP contribution in [0.15, 0.2) is 12.3 Å². The van der Waals surface area contributed by atoms with Gasteiger partial charge in [0.1, 0.15) is 5.82 Å². The fourth-order valence-corrected chi connectivity index (χ4v) is 1.39. The topological polar surface area (TPSA) is 24.9 Å². The lowest BCUT2D eigenvalue weighted by Gasteiger charge is -2.26. The highest BCUT2D eigenvalue weighted by atomic mass is 19.4. The van der Waals surface area contributed by atoms with Crippen LogP contribution in [0.5, 0.6) is 0 Å². The van der Waals surface area contributed by atoms with Crippen molar-refractivity contribution in [3.63, 3.8) is 0 Å². The third-order valence-electron chi connectivity index (χ3n) is 2.37. The largest absolute Gasteiger partial charge is 0.417 e. The van der Waals surface area contributed by atoms with Gasteiger partial charge in [-0.25, -0.2) is 4.39 Å². The predicted molar refractivity (Wildman–Crippen MR) is 44.8 cm³/mol. The summed E-state index contributed by atoms with van der Waals surface area (Å²) in [5.74, 6) is -0.983. The Morgan fingerprint density at radius 2 is 2.00 bits per heavy atom. The summed E-state index contributed by atoms with van der Waals surface area (Å²) >= 11 is 0. The quantitative estimate of drug-likeness (QED) is 0.731. The third-order valence-corrected chi connectivity index (χ3v) is 2.37. The van der Waals surface area contributed by atoms with E-state index in [1.54, 1.807) is 0 Å². The molecule has 1 aliphatic heterocycles. The molecule has 0 atom stereocenters. The van der Waals surface area contributed by atoms with Crippen molar-refractivity contribution in [2.75, 3.05) is 13.1 Å². The highest BCUT2D eigenvalue weighted by Crippen LogP contribution is 2.30. The predicted octanol–water partition coefficient (Wildman–Crippen LogP) is 1.93. The summed E-state index contributed by atoms with van der Waals surface area (Å²) < 4.78 is 49.8. The number of hydrogen-bond acceptors (Lipinski definition) is 2. The van der Waals surface area contributed by atoms with Gasteiger partial charge in [0, 0.05) is 25.2 Å². The van der Waals surface area contributed by atoms with E-state index in [0.717, 1.165) is 0 Å². The molecule has 0 amide bonds. The van der Waals surface area contributed by atoms with Crippen molar-refractivity contribution in [1.29, 1.82) is 0 Å². The molecule has 0 saturated carbocycles. The van der Waals surface area contributed by atoms with E-state index in [1.165, 1.54) is 0 Å². The number of aromatic nitrogens is 1. The first-order valence-corrected chi connectivity index (χ1v) is 4.42. The molecule has 2 heterocycles. The molecule has 0 aromatic carbocycles. The molecule has 0 radical (unpaired) electrons. The summed E-state index contributed by atoms with van der Waals surface area (Å²) in [7, 11) is 0. The van der Waals surface area contributed by atoms with Crippen LogP contribution < -0.4 is 5.32 Å². The van der Waals surface area contributed by atoms with Crippen LogP contribution >= 0.6 is 0 Å². The lowest BCUT2D eigenvalue weighted by atomic mass is 9.98. The van der Waals surface area contributed by atoms with Gasteiger partial charge in [-0.1, -0.05) is 0 Å². The van der Waals surface area contributed by atoms with Gasteiger partial charge in [-0.05, 0) is 6.07 Å². The summed E-state index contributed by atoms with van der Waals surface area (Å²) in [5.41, 5.74) is -0.933. The molecule has 1 N–H and O–H groups in total. The second-order valence-electron chi connectivity index (χ2n) is 3.44. The van der Waals surface area contributed by atoms with Crippen molar-refractivity contribution in [3.8, 4) is 0 Å². The van der Waals surface area contributed by atoms with Gasteiger partial charge in [-0.15, -0.1) is 0 Å². The van der Waals surface area contributed by atoms with Crippen molar-refractivity contribution in [3.05, 3.63) is 29.3 Å². The minimum Gasteiger partial charge on any atom is -0.315 e. The van der Waals surface area contributed by atoms with E-state index in [2.05, 4.69) is 10.3 Å². The SMILES string of the molecule is Fc1cc(C(F)(F)F)cnc1C1CNC1. The lowest BCUT2D eigenvalue weighted by Crippen LogP contribution is -2.40. The average Bonchev–Trinajstić information content (AvgIpc) is 2.03. The molecule has 1 aromatic rings. The number of halogens is 4. The molecule has 15 heavy (non-hydrogen) atoms. The molecule has 0 aliphatic carbocycles. The van der Waals surface area contributed by atoms with Crippen LogP contribution in [0, 0.1) is 5.82 Å². The summed E-state index contributed by atoms with van der Waals surface area (Å²) in [6.45, 7) is 1.13. The summed E-state index contributed by atoms with van der Waals surface area (Å²) in [6, 6.07) is 0.501. The maximum atomic E-state index is 13.3. The Hall–Kier alpha value is -1.17. The molecule has 2 rings (SSSR count). The first-order valence-electron chi connectivity index (χ1n) is 4.42. The van der Waals surface area contributed by atoms with Crippen LogP contribution in [0.2, 0.25) is 0 Å². The Balaban J connectivity index is 2.30. The molecule has 0 spiro atoms. The van der Waals surface area contributed by atoms with Crippen LogP contribution in [0.1, 0.15) is 17.2 Å². The summed E-state index contributed by atoms with van der Waals surface area (Å²) in [4.78, 5) is 3.53. The van der Waals surface area contributed by atoms with E-state index in [-0.39, 0.29) is 11.6 Å². The minimum absolute atomic E-state index is 0.104. The molecule has 2 nitrogen and oxygen atoms in total. The van der Waals surface area contributed by atoms with Gasteiger partial charge in [0.25, 0.3) is 0 Å². The molecule has 1 aromatic heterocycles. The molecule has 1 fully saturated rings. The van der Waals surface area contributed by atoms with E-state index < -0.39 is 17.6 Å². The normalized spacial score (nSPS) is 17.6. The maximum Gasteiger partial charge on any atom is 0.417 e. The van der Waals surface area contributed by atoms with Crippen molar-refractivity contribution >= 4 is 0 Å². The Morgan fingerprint density at radius 3 is 2.40 bits per heavy atom. The van der Waals surface area contributed by atoms with Crippen molar-refractivity contribution < 1.29 is 17.6 Å². The smallest absolute Gasteiger partial charge is 0.315 e. The van der Waals surface area contributed by atoms with Crippen LogP contribution in [0.3, 0.4) is 0 Å². The molecule has 1 saturated heterocycles. The van der Waals surface area contributed by atoms with E-state index in [1.807, 2.05) is 0 Å². The monoisotopic (exact) mass is 220 g/mol. The van der Waals surface area contributed by atoms with Gasteiger partial charge in [0.05, 0.1) is 11.3 Å². The Bertz CT molecular complexity index is 371. The Labute approximate surface area is 83.3 Å². The number of nitrogens with zero attached hydrogens (tertiary/aromatic N) is 1. The zero-order chi connectivity index (χ0) is 11.1. The number of rotatable bonds is 1. The zero-order valence-corrected chi connectivity index (χ0v) is 7.61. The molecule has 1 aliphatic rings. The second-order valence-corrected chi connectivity index (χ2v) is 3.44. The highest BCUT2D eigenvalue weighted by Gasteiger charge is 2.33. The standard InChI is InChI=1S/C9H8F4N2/c10-7-1-6(9(11,12)13)4-15-8(7)5-2-14-3-5/h1,4-5,14H,2-3H2. The first-order chi connectivity index (χ1) is 6.98. The van der Waals surface area contributed by atoms with Crippen LogP contribution in [-0.2, 0) is 6.18 Å². The third kappa shape index (κ3) is 1.94. The van der Waals surface area contributed by atoms with Gasteiger partial charge in [-0.3, -0.25) is 4.98 Å². The van der Waals surface area contributed by atoms with Gasteiger partial charge in [0.15, 0.2) is 0 Å². The number of pyridine rings is 1. The molecule has 0 unspecified atom stereocenters. The molecular weight excluding hydrogens is 212 g/mol. The van der Waals surface area contributed by atoms with Crippen molar-refractivity contribution in [1.82, 2.24) is 10.3 Å². The van der Waals surface area contributed by atoms with Gasteiger partial charge in [-0.2, -0.15) is 13.2 Å². The number of alkyl halides is 3. The van der Waals surface area contributed by atoms with Crippen molar-refractivity contribution in [2.45, 2.75) is 12.1 Å². The Morgan fingerprint density at radius 1 is 1.33 bits per heavy atom. The fourth-order valence-electron chi connectivity index (χ4n) is 1.39. The van der Waals surface area contributed by atoms with Crippen LogP contribution in [0.25, 0.3) is 0 Å². The van der Waals surface area contributed by atoms with Crippen molar-refractivity contribution in [2.24, 2.45) is 0 Å². The fraction of sp³-hybridized carbons (Fsp3) is 0.444. The van der Waals surface area contributed by atoms with E-state index in [9.17, 15) is 17.6 Å². The summed E-state index contributed by atoms with van der Waals surface area (Å²) in [6.07, 6.45) is -3.86. The summed E-state index contributed by atoms with van der Waals surface area (Å²) in [5, 5.41) is 2.90. The van der Waals surface area contributed by atoms with Gasteiger partial charge < -0.3 is 5.32 Å². The van der Waals surface area contributed by atoms with E-state index in [0.29, 0.717) is 25.4 Å². The first kappa shape index (κ1) is 10.4. The molecule has 0 bridgehead atoms. The molecule has 6 heteroatoms. The average molecular weight is 220 g/mol. The minimum atomic E-state index is -4.54. The zero-order valence-electron chi connectivity index (χ0n) is 7.61. The highest BCUT2D eigenvalue weighted by molar-refractivity contribution is 5.23. The lowest BCUT2D eigenvalue weighted by molar-refractivity contribution is -0.138. The number of hydrogen-bond donors (Lipinski definition) is 1. The molecule has 82 valence electrons. The second kappa shape index (κ2) is 3.44. The van der Waals surface area contributed by atoms with Gasteiger partial charge >= 0.3 is 6.18 Å². The van der Waals surface area contributed by atoms with E-state index in [4.69, 9.17) is 0 Å². The Kier molecular flexibility index (Phi) is 2.38. The van der Waals surface area contributed by atoms with Crippen LogP contribution in [-0.4, -0.2) is 18.1 Å². The van der Waals surface area contributed by atoms with Gasteiger partial charge in [0.2, 0.25) is 0 Å². The molecular formula is C9H8F4N2. The van der Waals surface area contributed by atoms with E-state index >= 15 is 0 Å².